The molecule has 3 heterocycles. The van der Waals surface area contributed by atoms with E-state index >= 15 is 0 Å². The fraction of sp³-hybridized carbons (Fsp3) is 0.0123. The summed E-state index contributed by atoms with van der Waals surface area (Å²) in [6.45, 7) is 0. The van der Waals surface area contributed by atoms with Crippen LogP contribution in [0.5, 0.6) is 0 Å². The van der Waals surface area contributed by atoms with Crippen LogP contribution in [0.15, 0.2) is 297 Å². The van der Waals surface area contributed by atoms with Crippen LogP contribution in [0.1, 0.15) is 22.3 Å². The zero-order valence-corrected chi connectivity index (χ0v) is 46.9. The van der Waals surface area contributed by atoms with Crippen molar-refractivity contribution in [3.05, 3.63) is 320 Å². The number of para-hydroxylation sites is 2. The number of fused-ring (bicyclic) bond motifs is 24. The molecule has 0 saturated heterocycles. The molecule has 14 aromatic carbocycles. The summed E-state index contributed by atoms with van der Waals surface area (Å²) in [5.41, 5.74) is 22.9. The normalized spacial score (nSPS) is 13.0. The number of rotatable bonds is 6. The smallest absolute Gasteiger partial charge is 0.0725 e. The predicted molar refractivity (Wildman–Crippen MR) is 359 cm³/mol. The molecule has 0 atom stereocenters. The van der Waals surface area contributed by atoms with Gasteiger partial charge in [0.25, 0.3) is 0 Å². The molecule has 0 amide bonds. The quantitative estimate of drug-likeness (QED) is 0.151. The monoisotopic (exact) mass is 1100 g/mol. The summed E-state index contributed by atoms with van der Waals surface area (Å²) in [6.07, 6.45) is 0. The fourth-order valence-corrected chi connectivity index (χ4v) is 16.7. The van der Waals surface area contributed by atoms with E-state index in [9.17, 15) is 0 Å². The fourth-order valence-electron chi connectivity index (χ4n) is 15.6. The lowest BCUT2D eigenvalue weighted by Gasteiger charge is -2.30. The molecule has 0 unspecified atom stereocenters. The maximum absolute atomic E-state index is 2.55. The van der Waals surface area contributed by atoms with Crippen LogP contribution >= 0.6 is 11.3 Å². The molecule has 0 fully saturated rings. The van der Waals surface area contributed by atoms with Gasteiger partial charge < -0.3 is 14.0 Å². The van der Waals surface area contributed by atoms with Crippen LogP contribution in [0.2, 0.25) is 0 Å². The first-order chi connectivity index (χ1) is 42.2. The third-order valence-electron chi connectivity index (χ3n) is 18.9. The molecule has 0 saturated carbocycles. The molecule has 3 nitrogen and oxygen atoms in total. The summed E-state index contributed by atoms with van der Waals surface area (Å²) < 4.78 is 7.58. The Morgan fingerprint density at radius 2 is 0.847 bits per heavy atom. The lowest BCUT2D eigenvalue weighted by atomic mass is 9.70. The third-order valence-corrected chi connectivity index (χ3v) is 20.0. The van der Waals surface area contributed by atoms with E-state index in [0.717, 1.165) is 39.5 Å². The lowest BCUT2D eigenvalue weighted by Crippen LogP contribution is -2.25. The number of hydrogen-bond donors (Lipinski definition) is 0. The molecule has 0 bridgehead atoms. The Morgan fingerprint density at radius 3 is 1.62 bits per heavy atom. The average molecular weight is 1100 g/mol. The summed E-state index contributed by atoms with van der Waals surface area (Å²) in [5, 5.41) is 12.4. The second kappa shape index (κ2) is 17.6. The Hall–Kier alpha value is -10.8. The van der Waals surface area contributed by atoms with E-state index in [1.54, 1.807) is 0 Å². The molecule has 85 heavy (non-hydrogen) atoms. The highest BCUT2D eigenvalue weighted by atomic mass is 32.1. The predicted octanol–water partition coefficient (Wildman–Crippen LogP) is 22.0. The first-order valence-corrected chi connectivity index (χ1v) is 30.2. The van der Waals surface area contributed by atoms with Crippen LogP contribution in [0.3, 0.4) is 0 Å². The van der Waals surface area contributed by atoms with Gasteiger partial charge in [-0.2, -0.15) is 0 Å². The molecule has 394 valence electrons. The van der Waals surface area contributed by atoms with Gasteiger partial charge in [0.15, 0.2) is 0 Å². The minimum atomic E-state index is -0.423. The van der Waals surface area contributed by atoms with Crippen LogP contribution in [0, 0.1) is 0 Å². The Morgan fingerprint density at radius 1 is 0.294 bits per heavy atom. The Labute approximate surface area is 494 Å². The molecule has 17 aromatic rings. The van der Waals surface area contributed by atoms with Crippen LogP contribution in [-0.2, 0) is 5.41 Å². The minimum absolute atomic E-state index is 0.423. The maximum Gasteiger partial charge on any atom is 0.0725 e. The first-order valence-electron chi connectivity index (χ1n) is 29.4. The number of thiophene rings is 1. The van der Waals surface area contributed by atoms with Crippen molar-refractivity contribution in [1.29, 1.82) is 0 Å². The van der Waals surface area contributed by atoms with Crippen molar-refractivity contribution in [3.63, 3.8) is 0 Å². The highest BCUT2D eigenvalue weighted by molar-refractivity contribution is 7.25. The molecular formula is C81H49N3S. The number of nitrogens with zero attached hydrogens (tertiary/aromatic N) is 3. The van der Waals surface area contributed by atoms with Gasteiger partial charge in [0.05, 0.1) is 33.2 Å². The third kappa shape index (κ3) is 6.33. The Kier molecular flexibility index (Phi) is 9.70. The van der Waals surface area contributed by atoms with E-state index in [4.69, 9.17) is 0 Å². The lowest BCUT2D eigenvalue weighted by molar-refractivity contribution is 0.794. The van der Waals surface area contributed by atoms with Gasteiger partial charge in [-0.05, 0) is 157 Å². The molecule has 2 aliphatic carbocycles. The van der Waals surface area contributed by atoms with Gasteiger partial charge in [-0.25, -0.2) is 0 Å². The molecule has 0 radical (unpaired) electrons. The highest BCUT2D eigenvalue weighted by Crippen LogP contribution is 2.64. The SMILES string of the molecule is c1ccc(-n2c3ccccc3c3c(N(c4ccc(-c5cccc6c5-c5ccccc5C65c6ccccc6-c6ccccc65)cc4)c4ccc5c(c4)c4c6ccccc6c6ccccc6c4n5-c4ccc5sc6ccccc6c5c4)cccc32)cc1. The van der Waals surface area contributed by atoms with Gasteiger partial charge in [0, 0.05) is 69.9 Å². The summed E-state index contributed by atoms with van der Waals surface area (Å²) in [7, 11) is 0. The summed E-state index contributed by atoms with van der Waals surface area (Å²) in [5.74, 6) is 0. The first kappa shape index (κ1) is 46.8. The Bertz CT molecular complexity index is 5640. The van der Waals surface area contributed by atoms with Gasteiger partial charge in [-0.3, -0.25) is 0 Å². The van der Waals surface area contributed by atoms with Gasteiger partial charge >= 0.3 is 0 Å². The van der Waals surface area contributed by atoms with Crippen LogP contribution < -0.4 is 4.90 Å². The van der Waals surface area contributed by atoms with E-state index in [1.165, 1.54) is 130 Å². The van der Waals surface area contributed by atoms with Crippen molar-refractivity contribution >= 4 is 114 Å². The van der Waals surface area contributed by atoms with Crippen LogP contribution in [0.25, 0.3) is 130 Å². The zero-order valence-electron chi connectivity index (χ0n) is 46.0. The largest absolute Gasteiger partial charge is 0.310 e. The van der Waals surface area contributed by atoms with E-state index in [1.807, 2.05) is 11.3 Å². The van der Waals surface area contributed by atoms with Crippen molar-refractivity contribution in [1.82, 2.24) is 9.13 Å². The van der Waals surface area contributed by atoms with E-state index in [0.29, 0.717) is 0 Å². The van der Waals surface area contributed by atoms with E-state index in [-0.39, 0.29) is 0 Å². The topological polar surface area (TPSA) is 13.1 Å². The highest BCUT2D eigenvalue weighted by Gasteiger charge is 2.52. The molecular weight excluding hydrogens is 1050 g/mol. The number of aromatic nitrogens is 2. The standard InChI is InChI=1S/C81H49N3S/c1-2-20-51(21-3-1)83-71-36-16-11-30-64(71)79-73(37-19-38-74(79)83)82(52-42-40-50(41-43-52)55-31-18-35-70-77(55)63-29-10-15-34-69(63)81(70)67-32-13-8-24-58(67)59-25-9-14-33-68(59)81)53-44-46-72-66(49-53)78-61-27-6-4-22-56(61)57-23-5-7-28-62(57)80(78)84(72)54-45-47-76-65(48-54)60-26-12-17-39-75(60)85-76/h1-49H. The van der Waals surface area contributed by atoms with Crippen LogP contribution in [0.4, 0.5) is 17.1 Å². The summed E-state index contributed by atoms with van der Waals surface area (Å²) >= 11 is 1.87. The van der Waals surface area contributed by atoms with Crippen molar-refractivity contribution in [2.24, 2.45) is 0 Å². The molecule has 0 aliphatic heterocycles. The van der Waals surface area contributed by atoms with E-state index < -0.39 is 5.41 Å². The average Bonchev–Trinajstić information content (AvgIpc) is 1.58. The molecule has 19 rings (SSSR count). The summed E-state index contributed by atoms with van der Waals surface area (Å²) in [6, 6.07) is 112. The van der Waals surface area contributed by atoms with Gasteiger partial charge in [-0.1, -0.05) is 212 Å². The van der Waals surface area contributed by atoms with Crippen molar-refractivity contribution in [2.75, 3.05) is 4.90 Å². The summed E-state index contributed by atoms with van der Waals surface area (Å²) in [4.78, 5) is 2.52. The molecule has 4 heteroatoms. The molecule has 0 N–H and O–H groups in total. The molecule has 2 aliphatic rings. The molecule has 1 spiro atoms. The zero-order chi connectivity index (χ0) is 55.5. The Balaban J connectivity index is 0.867. The van der Waals surface area contributed by atoms with Crippen LogP contribution in [-0.4, -0.2) is 9.13 Å². The van der Waals surface area contributed by atoms with Crippen molar-refractivity contribution < 1.29 is 0 Å². The number of anilines is 3. The van der Waals surface area contributed by atoms with Gasteiger partial charge in [0.1, 0.15) is 0 Å². The number of benzene rings is 14. The van der Waals surface area contributed by atoms with Gasteiger partial charge in [-0.15, -0.1) is 11.3 Å². The molecule has 3 aromatic heterocycles. The van der Waals surface area contributed by atoms with Crippen molar-refractivity contribution in [2.45, 2.75) is 5.41 Å². The second-order valence-electron chi connectivity index (χ2n) is 23.0. The van der Waals surface area contributed by atoms with Crippen molar-refractivity contribution in [3.8, 4) is 44.8 Å². The second-order valence-corrected chi connectivity index (χ2v) is 24.1. The maximum atomic E-state index is 2.55. The van der Waals surface area contributed by atoms with Gasteiger partial charge in [0.2, 0.25) is 0 Å². The van der Waals surface area contributed by atoms with E-state index in [2.05, 4.69) is 311 Å². The number of hydrogen-bond acceptors (Lipinski definition) is 2. The minimum Gasteiger partial charge on any atom is -0.310 e.